The first-order valence-corrected chi connectivity index (χ1v) is 7.95. The Hall–Kier alpha value is -0.650. The van der Waals surface area contributed by atoms with E-state index in [0.717, 1.165) is 19.6 Å². The van der Waals surface area contributed by atoms with Gasteiger partial charge in [0.15, 0.2) is 5.13 Å². The lowest BCUT2D eigenvalue weighted by Crippen LogP contribution is -2.34. The molecule has 1 aromatic rings. The largest absolute Gasteiger partial charge is 0.346 e. The molecule has 2 heterocycles. The molecule has 5 heteroatoms. The summed E-state index contributed by atoms with van der Waals surface area (Å²) in [7, 11) is 4.34. The monoisotopic (exact) mass is 282 g/mol. The summed E-state index contributed by atoms with van der Waals surface area (Å²) in [5.41, 5.74) is 0. The summed E-state index contributed by atoms with van der Waals surface area (Å²) in [6.07, 6.45) is 2.03. The molecule has 1 aliphatic rings. The van der Waals surface area contributed by atoms with E-state index in [0.29, 0.717) is 18.0 Å². The molecule has 0 aliphatic carbocycles. The van der Waals surface area contributed by atoms with Crippen molar-refractivity contribution in [2.45, 2.75) is 32.9 Å². The average Bonchev–Trinajstić information content (AvgIpc) is 2.95. The van der Waals surface area contributed by atoms with E-state index in [1.165, 1.54) is 10.0 Å². The van der Waals surface area contributed by atoms with Gasteiger partial charge in [-0.05, 0) is 33.5 Å². The van der Waals surface area contributed by atoms with E-state index < -0.39 is 0 Å². The Morgan fingerprint density at radius 2 is 2.26 bits per heavy atom. The predicted molar refractivity (Wildman–Crippen MR) is 83.1 cm³/mol. The summed E-state index contributed by atoms with van der Waals surface area (Å²) in [5, 5.41) is 4.62. The Labute approximate surface area is 120 Å². The Bertz CT molecular complexity index is 404. The normalized spacial score (nSPS) is 25.3. The summed E-state index contributed by atoms with van der Waals surface area (Å²) in [6, 6.07) is 1.04. The molecule has 1 N–H and O–H groups in total. The topological polar surface area (TPSA) is 31.4 Å². The van der Waals surface area contributed by atoms with Crippen LogP contribution in [0.4, 0.5) is 5.13 Å². The molecule has 0 spiro atoms. The molecule has 3 atom stereocenters. The van der Waals surface area contributed by atoms with Crippen LogP contribution in [-0.2, 0) is 0 Å². The highest BCUT2D eigenvalue weighted by molar-refractivity contribution is 7.15. The summed E-state index contributed by atoms with van der Waals surface area (Å²) >= 11 is 1.83. The third-order valence-corrected chi connectivity index (χ3v) is 5.20. The van der Waals surface area contributed by atoms with Crippen LogP contribution in [0.5, 0.6) is 0 Å². The zero-order valence-corrected chi connectivity index (χ0v) is 13.5. The molecule has 3 unspecified atom stereocenters. The van der Waals surface area contributed by atoms with Crippen molar-refractivity contribution in [3.05, 3.63) is 11.1 Å². The van der Waals surface area contributed by atoms with Gasteiger partial charge < -0.3 is 15.1 Å². The molecule has 1 aromatic heterocycles. The Morgan fingerprint density at radius 3 is 2.84 bits per heavy atom. The summed E-state index contributed by atoms with van der Waals surface area (Å²) in [5.74, 6) is 0.702. The van der Waals surface area contributed by atoms with Crippen LogP contribution in [0, 0.1) is 5.92 Å². The maximum absolute atomic E-state index is 4.62. The summed E-state index contributed by atoms with van der Waals surface area (Å²) in [4.78, 5) is 10.7. The van der Waals surface area contributed by atoms with Gasteiger partial charge in [-0.25, -0.2) is 4.98 Å². The molecular weight excluding hydrogens is 256 g/mol. The lowest BCUT2D eigenvalue weighted by atomic mass is 10.1. The first-order valence-electron chi connectivity index (χ1n) is 7.13. The third kappa shape index (κ3) is 3.27. The molecule has 2 rings (SSSR count). The van der Waals surface area contributed by atoms with Crippen LogP contribution in [0.25, 0.3) is 0 Å². The molecule has 1 aliphatic heterocycles. The second-order valence-electron chi connectivity index (χ2n) is 5.74. The molecule has 1 saturated heterocycles. The number of anilines is 1. The second kappa shape index (κ2) is 6.20. The number of rotatable bonds is 5. The van der Waals surface area contributed by atoms with Crippen LogP contribution >= 0.6 is 11.3 Å². The number of nitrogens with zero attached hydrogens (tertiary/aromatic N) is 3. The molecule has 4 nitrogen and oxygen atoms in total. The summed E-state index contributed by atoms with van der Waals surface area (Å²) in [6.45, 7) is 9.89. The first-order chi connectivity index (χ1) is 9.02. The number of hydrogen-bond donors (Lipinski definition) is 1. The van der Waals surface area contributed by atoms with Gasteiger partial charge in [-0.2, -0.15) is 0 Å². The van der Waals surface area contributed by atoms with Gasteiger partial charge in [-0.1, -0.05) is 13.8 Å². The zero-order valence-electron chi connectivity index (χ0n) is 12.7. The van der Waals surface area contributed by atoms with E-state index in [1.54, 1.807) is 0 Å². The Morgan fingerprint density at radius 1 is 1.53 bits per heavy atom. The highest BCUT2D eigenvalue weighted by atomic mass is 32.1. The van der Waals surface area contributed by atoms with Crippen molar-refractivity contribution < 1.29 is 0 Å². The van der Waals surface area contributed by atoms with Crippen molar-refractivity contribution in [2.24, 2.45) is 5.92 Å². The van der Waals surface area contributed by atoms with Crippen molar-refractivity contribution in [3.63, 3.8) is 0 Å². The van der Waals surface area contributed by atoms with Crippen molar-refractivity contribution in [1.29, 1.82) is 0 Å². The van der Waals surface area contributed by atoms with Crippen LogP contribution in [-0.4, -0.2) is 49.7 Å². The highest BCUT2D eigenvalue weighted by Crippen LogP contribution is 2.31. The minimum absolute atomic E-state index is 0.404. The third-order valence-electron chi connectivity index (χ3n) is 3.95. The highest BCUT2D eigenvalue weighted by Gasteiger charge is 2.32. The zero-order chi connectivity index (χ0) is 14.0. The molecule has 1 fully saturated rings. The van der Waals surface area contributed by atoms with Crippen molar-refractivity contribution >= 4 is 16.5 Å². The van der Waals surface area contributed by atoms with Gasteiger partial charge >= 0.3 is 0 Å². The molecular formula is C14H26N4S. The number of likely N-dealkylation sites (N-methyl/N-ethyl adjacent to an activating group) is 1. The number of thiazole rings is 1. The smallest absolute Gasteiger partial charge is 0.185 e. The van der Waals surface area contributed by atoms with E-state index in [1.807, 2.05) is 17.5 Å². The van der Waals surface area contributed by atoms with Crippen LogP contribution < -0.4 is 10.2 Å². The van der Waals surface area contributed by atoms with E-state index in [4.69, 9.17) is 0 Å². The van der Waals surface area contributed by atoms with Gasteiger partial charge in [0.2, 0.25) is 0 Å². The lowest BCUT2D eigenvalue weighted by Gasteiger charge is -2.22. The quantitative estimate of drug-likeness (QED) is 0.897. The van der Waals surface area contributed by atoms with E-state index in [-0.39, 0.29) is 0 Å². The SMILES string of the molecule is CCNC(C)c1cnc(N2CC(C)C(N(C)C)C2)s1. The van der Waals surface area contributed by atoms with E-state index in [2.05, 4.69) is 55.0 Å². The standard InChI is InChI=1S/C14H26N4S/c1-6-15-11(3)13-7-16-14(19-13)18-8-10(2)12(9-18)17(4)5/h7,10-12,15H,6,8-9H2,1-5H3. The minimum atomic E-state index is 0.404. The van der Waals surface area contributed by atoms with E-state index >= 15 is 0 Å². The molecule has 0 aromatic carbocycles. The maximum atomic E-state index is 4.62. The van der Waals surface area contributed by atoms with Gasteiger partial charge in [-0.3, -0.25) is 0 Å². The number of nitrogens with one attached hydrogen (secondary N) is 1. The summed E-state index contributed by atoms with van der Waals surface area (Å²) < 4.78 is 0. The number of hydrogen-bond acceptors (Lipinski definition) is 5. The fourth-order valence-corrected chi connectivity index (χ4v) is 3.77. The molecule has 19 heavy (non-hydrogen) atoms. The van der Waals surface area contributed by atoms with Gasteiger partial charge in [-0.15, -0.1) is 11.3 Å². The van der Waals surface area contributed by atoms with Crippen molar-refractivity contribution in [2.75, 3.05) is 38.6 Å². The molecule has 0 saturated carbocycles. The first kappa shape index (κ1) is 14.8. The molecule has 0 radical (unpaired) electrons. The Balaban J connectivity index is 2.04. The van der Waals surface area contributed by atoms with Crippen molar-refractivity contribution in [3.8, 4) is 0 Å². The van der Waals surface area contributed by atoms with Gasteiger partial charge in [0.1, 0.15) is 0 Å². The van der Waals surface area contributed by atoms with Gasteiger partial charge in [0.05, 0.1) is 0 Å². The fourth-order valence-electron chi connectivity index (χ4n) is 2.81. The van der Waals surface area contributed by atoms with Crippen LogP contribution in [0.2, 0.25) is 0 Å². The fraction of sp³-hybridized carbons (Fsp3) is 0.786. The van der Waals surface area contributed by atoms with Crippen LogP contribution in [0.1, 0.15) is 31.7 Å². The lowest BCUT2D eigenvalue weighted by molar-refractivity contribution is 0.266. The van der Waals surface area contributed by atoms with Gasteiger partial charge in [0, 0.05) is 36.2 Å². The second-order valence-corrected chi connectivity index (χ2v) is 6.78. The molecule has 0 bridgehead atoms. The van der Waals surface area contributed by atoms with E-state index in [9.17, 15) is 0 Å². The van der Waals surface area contributed by atoms with Crippen LogP contribution in [0.15, 0.2) is 6.20 Å². The Kier molecular flexibility index (Phi) is 4.81. The minimum Gasteiger partial charge on any atom is -0.346 e. The maximum Gasteiger partial charge on any atom is 0.185 e. The van der Waals surface area contributed by atoms with Crippen LogP contribution in [0.3, 0.4) is 0 Å². The molecule has 0 amide bonds. The predicted octanol–water partition coefficient (Wildman–Crippen LogP) is 2.20. The number of aromatic nitrogens is 1. The van der Waals surface area contributed by atoms with Crippen molar-refractivity contribution in [1.82, 2.24) is 15.2 Å². The van der Waals surface area contributed by atoms with Gasteiger partial charge in [0.25, 0.3) is 0 Å². The average molecular weight is 282 g/mol. The molecule has 108 valence electrons.